The number of aryl methyl sites for hydroxylation is 1. The Morgan fingerprint density at radius 1 is 1.17 bits per heavy atom. The number of rotatable bonds is 7. The molecule has 1 amide bonds. The molecule has 0 radical (unpaired) electrons. The molecule has 1 fully saturated rings. The number of benzene rings is 2. The molecule has 0 spiro atoms. The fraction of sp³-hybridized carbons (Fsp3) is 0.304. The Morgan fingerprint density at radius 2 is 1.97 bits per heavy atom. The molecule has 1 saturated heterocycles. The first-order valence-electron chi connectivity index (χ1n) is 9.92. The number of likely N-dealkylation sites (tertiary alicyclic amines) is 1. The molecule has 0 saturated carbocycles. The number of nitrogens with one attached hydrogen (secondary N) is 1. The second kappa shape index (κ2) is 9.57. The van der Waals surface area contributed by atoms with Gasteiger partial charge in [0, 0.05) is 33.8 Å². The summed E-state index contributed by atoms with van der Waals surface area (Å²) in [5.41, 5.74) is 3.87. The molecule has 29 heavy (non-hydrogen) atoms. The fourth-order valence-electron chi connectivity index (χ4n) is 3.48. The van der Waals surface area contributed by atoms with Crippen molar-refractivity contribution < 1.29 is 4.79 Å². The van der Waals surface area contributed by atoms with Crippen molar-refractivity contribution in [3.8, 4) is 0 Å². The number of hydrogen-bond donors (Lipinski definition) is 1. The number of thioether (sulfide) groups is 1. The molecular weight excluding hydrogens is 398 g/mol. The van der Waals surface area contributed by atoms with Gasteiger partial charge in [-0.1, -0.05) is 12.1 Å². The molecule has 0 bridgehead atoms. The average molecular weight is 424 g/mol. The number of amides is 1. The van der Waals surface area contributed by atoms with Crippen LogP contribution in [-0.4, -0.2) is 28.9 Å². The van der Waals surface area contributed by atoms with Crippen molar-refractivity contribution in [2.75, 3.05) is 18.4 Å². The summed E-state index contributed by atoms with van der Waals surface area (Å²) in [6.07, 6.45) is 2.57. The van der Waals surface area contributed by atoms with Crippen LogP contribution in [0.25, 0.3) is 0 Å². The Balaban J connectivity index is 1.33. The van der Waals surface area contributed by atoms with Gasteiger partial charge in [-0.05, 0) is 74.8 Å². The van der Waals surface area contributed by atoms with Crippen LogP contribution in [0.4, 0.5) is 5.69 Å². The number of aromatic nitrogens is 1. The first kappa shape index (κ1) is 20.1. The zero-order valence-electron chi connectivity index (χ0n) is 16.6. The number of carbonyl (C=O) groups is 1. The summed E-state index contributed by atoms with van der Waals surface area (Å²) < 4.78 is 0. The first-order valence-corrected chi connectivity index (χ1v) is 11.8. The van der Waals surface area contributed by atoms with Gasteiger partial charge in [0.25, 0.3) is 5.91 Å². The third kappa shape index (κ3) is 5.69. The maximum absolute atomic E-state index is 12.6. The van der Waals surface area contributed by atoms with Gasteiger partial charge >= 0.3 is 0 Å². The zero-order chi connectivity index (χ0) is 20.1. The summed E-state index contributed by atoms with van der Waals surface area (Å²) in [4.78, 5) is 20.7. The van der Waals surface area contributed by atoms with Gasteiger partial charge in [0.2, 0.25) is 0 Å². The Labute approximate surface area is 180 Å². The van der Waals surface area contributed by atoms with Gasteiger partial charge in [0.15, 0.2) is 0 Å². The standard InChI is InChI=1S/C23H25N3OS2/c1-17-24-21(15-28-17)16-29-22-9-7-19(8-10-22)23(27)25-20-6-4-5-18(13-20)14-26-11-2-3-12-26/h4-10,13,15H,2-3,11-12,14,16H2,1H3,(H,25,27). The van der Waals surface area contributed by atoms with Crippen molar-refractivity contribution in [2.24, 2.45) is 0 Å². The molecule has 4 rings (SSSR count). The third-order valence-electron chi connectivity index (χ3n) is 4.96. The van der Waals surface area contributed by atoms with Crippen LogP contribution < -0.4 is 5.32 Å². The number of hydrogen-bond acceptors (Lipinski definition) is 5. The Bertz CT molecular complexity index is 962. The van der Waals surface area contributed by atoms with Gasteiger partial charge in [-0.2, -0.15) is 0 Å². The van der Waals surface area contributed by atoms with E-state index in [0.29, 0.717) is 5.56 Å². The number of thiazole rings is 1. The second-order valence-corrected chi connectivity index (χ2v) is 9.42. The minimum absolute atomic E-state index is 0.0741. The Hall–Kier alpha value is -2.15. The third-order valence-corrected chi connectivity index (χ3v) is 6.83. The van der Waals surface area contributed by atoms with Crippen LogP contribution in [0, 0.1) is 6.92 Å². The lowest BCUT2D eigenvalue weighted by molar-refractivity contribution is 0.102. The molecule has 0 atom stereocenters. The molecule has 1 N–H and O–H groups in total. The summed E-state index contributed by atoms with van der Waals surface area (Å²) in [6.45, 7) is 5.31. The lowest BCUT2D eigenvalue weighted by Crippen LogP contribution is -2.18. The lowest BCUT2D eigenvalue weighted by Gasteiger charge is -2.15. The minimum Gasteiger partial charge on any atom is -0.322 e. The summed E-state index contributed by atoms with van der Waals surface area (Å²) in [7, 11) is 0. The number of anilines is 1. The predicted molar refractivity (Wildman–Crippen MR) is 122 cm³/mol. The molecule has 2 aromatic carbocycles. The summed E-state index contributed by atoms with van der Waals surface area (Å²) in [5.74, 6) is 0.773. The van der Waals surface area contributed by atoms with Crippen LogP contribution in [0.5, 0.6) is 0 Å². The molecule has 6 heteroatoms. The topological polar surface area (TPSA) is 45.2 Å². The van der Waals surface area contributed by atoms with Crippen LogP contribution in [0.3, 0.4) is 0 Å². The van der Waals surface area contributed by atoms with Gasteiger partial charge in [0.05, 0.1) is 10.7 Å². The summed E-state index contributed by atoms with van der Waals surface area (Å²) in [6, 6.07) is 16.0. The Kier molecular flexibility index (Phi) is 6.64. The second-order valence-electron chi connectivity index (χ2n) is 7.31. The molecule has 150 valence electrons. The first-order chi connectivity index (χ1) is 14.2. The number of carbonyl (C=O) groups excluding carboxylic acids is 1. The van der Waals surface area contributed by atoms with Crippen molar-refractivity contribution in [2.45, 2.75) is 37.0 Å². The maximum Gasteiger partial charge on any atom is 0.255 e. The summed E-state index contributed by atoms with van der Waals surface area (Å²) >= 11 is 3.41. The molecule has 2 heterocycles. The van der Waals surface area contributed by atoms with Gasteiger partial charge in [-0.25, -0.2) is 4.98 Å². The van der Waals surface area contributed by atoms with E-state index >= 15 is 0 Å². The van der Waals surface area contributed by atoms with E-state index in [1.165, 1.54) is 31.5 Å². The van der Waals surface area contributed by atoms with E-state index in [2.05, 4.69) is 32.7 Å². The smallest absolute Gasteiger partial charge is 0.255 e. The van der Waals surface area contributed by atoms with E-state index < -0.39 is 0 Å². The van der Waals surface area contributed by atoms with Crippen molar-refractivity contribution in [1.29, 1.82) is 0 Å². The molecule has 0 unspecified atom stereocenters. The summed E-state index contributed by atoms with van der Waals surface area (Å²) in [5, 5.41) is 6.22. The SMILES string of the molecule is Cc1nc(CSc2ccc(C(=O)Nc3cccc(CN4CCCC4)c3)cc2)cs1. The highest BCUT2D eigenvalue weighted by molar-refractivity contribution is 7.98. The molecular formula is C23H25N3OS2. The normalized spacial score (nSPS) is 14.2. The van der Waals surface area contributed by atoms with E-state index in [-0.39, 0.29) is 5.91 Å². The van der Waals surface area contributed by atoms with Gasteiger partial charge in [0.1, 0.15) is 0 Å². The van der Waals surface area contributed by atoms with Crippen LogP contribution >= 0.6 is 23.1 Å². The highest BCUT2D eigenvalue weighted by Crippen LogP contribution is 2.24. The molecule has 1 aliphatic rings. The monoisotopic (exact) mass is 423 g/mol. The highest BCUT2D eigenvalue weighted by Gasteiger charge is 2.12. The minimum atomic E-state index is -0.0741. The van der Waals surface area contributed by atoms with Gasteiger partial charge in [-0.3, -0.25) is 9.69 Å². The predicted octanol–water partition coefficient (Wildman–Crippen LogP) is 5.59. The fourth-order valence-corrected chi connectivity index (χ4v) is 4.99. The molecule has 4 nitrogen and oxygen atoms in total. The average Bonchev–Trinajstić information content (AvgIpc) is 3.39. The zero-order valence-corrected chi connectivity index (χ0v) is 18.2. The number of nitrogens with zero attached hydrogens (tertiary/aromatic N) is 2. The van der Waals surface area contributed by atoms with Crippen molar-refractivity contribution in [1.82, 2.24) is 9.88 Å². The molecule has 1 aromatic heterocycles. The van der Waals surface area contributed by atoms with Crippen molar-refractivity contribution >= 4 is 34.7 Å². The molecule has 1 aliphatic heterocycles. The lowest BCUT2D eigenvalue weighted by atomic mass is 10.1. The van der Waals surface area contributed by atoms with Crippen molar-refractivity contribution in [3.63, 3.8) is 0 Å². The van der Waals surface area contributed by atoms with Crippen LogP contribution in [0.15, 0.2) is 58.8 Å². The van der Waals surface area contributed by atoms with Crippen LogP contribution in [0.1, 0.15) is 39.5 Å². The maximum atomic E-state index is 12.6. The van der Waals surface area contributed by atoms with Gasteiger partial charge < -0.3 is 5.32 Å². The molecule has 0 aliphatic carbocycles. The van der Waals surface area contributed by atoms with E-state index in [0.717, 1.165) is 33.6 Å². The van der Waals surface area contributed by atoms with E-state index in [1.54, 1.807) is 23.1 Å². The van der Waals surface area contributed by atoms with E-state index in [1.807, 2.05) is 43.3 Å². The van der Waals surface area contributed by atoms with Crippen LogP contribution in [0.2, 0.25) is 0 Å². The van der Waals surface area contributed by atoms with E-state index in [9.17, 15) is 4.79 Å². The van der Waals surface area contributed by atoms with Gasteiger partial charge in [-0.15, -0.1) is 23.1 Å². The Morgan fingerprint density at radius 3 is 2.69 bits per heavy atom. The largest absolute Gasteiger partial charge is 0.322 e. The highest BCUT2D eigenvalue weighted by atomic mass is 32.2. The molecule has 3 aromatic rings. The van der Waals surface area contributed by atoms with Crippen LogP contribution in [-0.2, 0) is 12.3 Å². The van der Waals surface area contributed by atoms with E-state index in [4.69, 9.17) is 0 Å². The van der Waals surface area contributed by atoms with Crippen molar-refractivity contribution in [3.05, 3.63) is 75.7 Å². The quantitative estimate of drug-likeness (QED) is 0.503.